The summed E-state index contributed by atoms with van der Waals surface area (Å²) in [4.78, 5) is 25.0. The van der Waals surface area contributed by atoms with Gasteiger partial charge < -0.3 is 16.4 Å². The Kier molecular flexibility index (Phi) is 5.59. The zero-order valence-corrected chi connectivity index (χ0v) is 11.4. The van der Waals surface area contributed by atoms with Gasteiger partial charge in [-0.3, -0.25) is 9.59 Å². The third kappa shape index (κ3) is 4.64. The largest absolute Gasteiger partial charge is 0.368 e. The molecule has 5 nitrogen and oxygen atoms in total. The lowest BCUT2D eigenvalue weighted by Crippen LogP contribution is -2.45. The molecule has 2 atom stereocenters. The van der Waals surface area contributed by atoms with E-state index in [-0.39, 0.29) is 24.4 Å². The average molecular weight is 255 g/mol. The molecule has 104 valence electrons. The maximum atomic E-state index is 12.4. The maximum Gasteiger partial charge on any atom is 0.237 e. The minimum absolute atomic E-state index is 0.0166. The van der Waals surface area contributed by atoms with Gasteiger partial charge in [-0.1, -0.05) is 20.3 Å². The highest BCUT2D eigenvalue weighted by Gasteiger charge is 2.29. The smallest absolute Gasteiger partial charge is 0.237 e. The molecule has 1 aliphatic carbocycles. The molecule has 1 aliphatic rings. The first-order chi connectivity index (χ1) is 8.40. The van der Waals surface area contributed by atoms with Gasteiger partial charge >= 0.3 is 0 Å². The van der Waals surface area contributed by atoms with E-state index >= 15 is 0 Å². The van der Waals surface area contributed by atoms with Crippen molar-refractivity contribution < 1.29 is 9.59 Å². The van der Waals surface area contributed by atoms with Crippen LogP contribution in [0.15, 0.2) is 0 Å². The molecule has 5 heteroatoms. The Balaban J connectivity index is 2.64. The van der Waals surface area contributed by atoms with Crippen LogP contribution in [0.1, 0.15) is 39.5 Å². The van der Waals surface area contributed by atoms with Gasteiger partial charge in [0.05, 0.1) is 6.54 Å². The van der Waals surface area contributed by atoms with Crippen LogP contribution in [0.5, 0.6) is 0 Å². The molecule has 0 aromatic heterocycles. The Morgan fingerprint density at radius 2 is 2.00 bits per heavy atom. The molecule has 0 aromatic carbocycles. The van der Waals surface area contributed by atoms with Crippen molar-refractivity contribution in [1.29, 1.82) is 0 Å². The highest BCUT2D eigenvalue weighted by atomic mass is 16.2. The van der Waals surface area contributed by atoms with Crippen molar-refractivity contribution in [3.63, 3.8) is 0 Å². The summed E-state index contributed by atoms with van der Waals surface area (Å²) in [6, 6.07) is 0.113. The Bertz CT molecular complexity index is 305. The summed E-state index contributed by atoms with van der Waals surface area (Å²) in [6.07, 6.45) is 3.58. The van der Waals surface area contributed by atoms with Gasteiger partial charge in [-0.25, -0.2) is 0 Å². The van der Waals surface area contributed by atoms with Crippen LogP contribution < -0.4 is 11.5 Å². The SMILES string of the molecule is CC(C)CN(CC(N)=O)C(=O)C1CCCC(N)C1. The van der Waals surface area contributed by atoms with Gasteiger partial charge in [-0.15, -0.1) is 0 Å². The summed E-state index contributed by atoms with van der Waals surface area (Å²) < 4.78 is 0. The van der Waals surface area contributed by atoms with Gasteiger partial charge in [0, 0.05) is 18.5 Å². The van der Waals surface area contributed by atoms with Crippen molar-refractivity contribution in [1.82, 2.24) is 4.90 Å². The van der Waals surface area contributed by atoms with E-state index < -0.39 is 5.91 Å². The first kappa shape index (κ1) is 15.0. The number of primary amides is 1. The fourth-order valence-corrected chi connectivity index (χ4v) is 2.57. The molecule has 1 saturated carbocycles. The van der Waals surface area contributed by atoms with Gasteiger partial charge in [-0.2, -0.15) is 0 Å². The number of hydrogen-bond donors (Lipinski definition) is 2. The van der Waals surface area contributed by atoms with Crippen LogP contribution in [0, 0.1) is 11.8 Å². The number of nitrogens with two attached hydrogens (primary N) is 2. The van der Waals surface area contributed by atoms with E-state index in [9.17, 15) is 9.59 Å². The molecule has 0 heterocycles. The quantitative estimate of drug-likeness (QED) is 0.748. The molecule has 0 aliphatic heterocycles. The van der Waals surface area contributed by atoms with E-state index in [1.807, 2.05) is 13.8 Å². The summed E-state index contributed by atoms with van der Waals surface area (Å²) >= 11 is 0. The van der Waals surface area contributed by atoms with Crippen molar-refractivity contribution in [3.8, 4) is 0 Å². The molecule has 1 fully saturated rings. The van der Waals surface area contributed by atoms with E-state index in [1.165, 1.54) is 0 Å². The summed E-state index contributed by atoms with van der Waals surface area (Å²) in [7, 11) is 0. The Morgan fingerprint density at radius 1 is 1.33 bits per heavy atom. The van der Waals surface area contributed by atoms with E-state index in [0.29, 0.717) is 12.5 Å². The van der Waals surface area contributed by atoms with E-state index in [0.717, 1.165) is 25.7 Å². The Labute approximate surface area is 109 Å². The molecule has 0 spiro atoms. The fraction of sp³-hybridized carbons (Fsp3) is 0.846. The fourth-order valence-electron chi connectivity index (χ4n) is 2.57. The standard InChI is InChI=1S/C13H25N3O2/c1-9(2)7-16(8-12(15)17)13(18)10-4-3-5-11(14)6-10/h9-11H,3-8,14H2,1-2H3,(H2,15,17). The van der Waals surface area contributed by atoms with Crippen LogP contribution in [-0.2, 0) is 9.59 Å². The van der Waals surface area contributed by atoms with Gasteiger partial charge in [0.1, 0.15) is 0 Å². The molecular weight excluding hydrogens is 230 g/mol. The Morgan fingerprint density at radius 3 is 2.50 bits per heavy atom. The van der Waals surface area contributed by atoms with E-state index in [2.05, 4.69) is 0 Å². The predicted molar refractivity (Wildman–Crippen MR) is 70.5 cm³/mol. The molecule has 2 unspecified atom stereocenters. The van der Waals surface area contributed by atoms with Gasteiger partial charge in [0.2, 0.25) is 11.8 Å². The van der Waals surface area contributed by atoms with Crippen molar-refractivity contribution in [2.75, 3.05) is 13.1 Å². The molecule has 0 saturated heterocycles. The second-order valence-electron chi connectivity index (χ2n) is 5.70. The topological polar surface area (TPSA) is 89.4 Å². The van der Waals surface area contributed by atoms with Crippen LogP contribution in [0.2, 0.25) is 0 Å². The van der Waals surface area contributed by atoms with Crippen molar-refractivity contribution in [2.45, 2.75) is 45.6 Å². The van der Waals surface area contributed by atoms with Gasteiger partial charge in [0.25, 0.3) is 0 Å². The number of carbonyl (C=O) groups is 2. The summed E-state index contributed by atoms with van der Waals surface area (Å²) in [5, 5.41) is 0. The van der Waals surface area contributed by atoms with Crippen LogP contribution in [-0.4, -0.2) is 35.8 Å². The summed E-state index contributed by atoms with van der Waals surface area (Å²) in [6.45, 7) is 4.64. The van der Waals surface area contributed by atoms with E-state index in [4.69, 9.17) is 11.5 Å². The van der Waals surface area contributed by atoms with Crippen molar-refractivity contribution in [3.05, 3.63) is 0 Å². The van der Waals surface area contributed by atoms with Crippen molar-refractivity contribution >= 4 is 11.8 Å². The van der Waals surface area contributed by atoms with Crippen LogP contribution >= 0.6 is 0 Å². The number of carbonyl (C=O) groups excluding carboxylic acids is 2. The van der Waals surface area contributed by atoms with Gasteiger partial charge in [-0.05, 0) is 25.2 Å². The third-order valence-electron chi connectivity index (χ3n) is 3.31. The molecule has 18 heavy (non-hydrogen) atoms. The lowest BCUT2D eigenvalue weighted by Gasteiger charge is -2.31. The molecule has 1 rings (SSSR count). The second-order valence-corrected chi connectivity index (χ2v) is 5.70. The minimum Gasteiger partial charge on any atom is -0.368 e. The first-order valence-corrected chi connectivity index (χ1v) is 6.72. The van der Waals surface area contributed by atoms with Crippen LogP contribution in [0.3, 0.4) is 0 Å². The molecule has 0 bridgehead atoms. The lowest BCUT2D eigenvalue weighted by molar-refractivity contribution is -0.140. The van der Waals surface area contributed by atoms with E-state index in [1.54, 1.807) is 4.90 Å². The highest BCUT2D eigenvalue weighted by molar-refractivity contribution is 5.85. The summed E-state index contributed by atoms with van der Waals surface area (Å²) in [5.41, 5.74) is 11.1. The normalized spacial score (nSPS) is 24.0. The molecule has 0 aromatic rings. The Hall–Kier alpha value is -1.10. The number of hydrogen-bond acceptors (Lipinski definition) is 3. The molecular formula is C13H25N3O2. The third-order valence-corrected chi connectivity index (χ3v) is 3.31. The van der Waals surface area contributed by atoms with Gasteiger partial charge in [0.15, 0.2) is 0 Å². The minimum atomic E-state index is -0.455. The molecule has 2 amide bonds. The molecule has 0 radical (unpaired) electrons. The monoisotopic (exact) mass is 255 g/mol. The number of nitrogens with zero attached hydrogens (tertiary/aromatic N) is 1. The number of rotatable bonds is 5. The predicted octanol–water partition coefficient (Wildman–Crippen LogP) is 0.474. The highest BCUT2D eigenvalue weighted by Crippen LogP contribution is 2.25. The second kappa shape index (κ2) is 6.73. The lowest BCUT2D eigenvalue weighted by atomic mass is 9.85. The summed E-state index contributed by atoms with van der Waals surface area (Å²) in [5.74, 6) is -0.126. The number of amides is 2. The zero-order chi connectivity index (χ0) is 13.7. The zero-order valence-electron chi connectivity index (χ0n) is 11.4. The molecule has 4 N–H and O–H groups in total. The first-order valence-electron chi connectivity index (χ1n) is 6.72. The van der Waals surface area contributed by atoms with Crippen LogP contribution in [0.4, 0.5) is 0 Å². The van der Waals surface area contributed by atoms with Crippen molar-refractivity contribution in [2.24, 2.45) is 23.3 Å². The van der Waals surface area contributed by atoms with Crippen LogP contribution in [0.25, 0.3) is 0 Å². The maximum absolute atomic E-state index is 12.4. The average Bonchev–Trinajstić information content (AvgIpc) is 2.26.